The quantitative estimate of drug-likeness (QED) is 0.676. The lowest BCUT2D eigenvalue weighted by molar-refractivity contribution is -0.275. The van der Waals surface area contributed by atoms with Gasteiger partial charge in [0.1, 0.15) is 5.82 Å². The summed E-state index contributed by atoms with van der Waals surface area (Å²) in [5, 5.41) is 3.41. The van der Waals surface area contributed by atoms with Crippen molar-refractivity contribution in [3.8, 4) is 22.6 Å². The van der Waals surface area contributed by atoms with Crippen molar-refractivity contribution in [3.63, 3.8) is 0 Å². The fourth-order valence-electron chi connectivity index (χ4n) is 2.99. The van der Waals surface area contributed by atoms with E-state index in [0.29, 0.717) is 11.1 Å². The molecule has 0 unspecified atom stereocenters. The third-order valence-electron chi connectivity index (χ3n) is 4.30. The zero-order valence-corrected chi connectivity index (χ0v) is 15.0. The van der Waals surface area contributed by atoms with E-state index in [0.717, 1.165) is 32.0 Å². The van der Waals surface area contributed by atoms with E-state index >= 15 is 0 Å². The van der Waals surface area contributed by atoms with Crippen molar-refractivity contribution < 1.29 is 27.0 Å². The lowest BCUT2D eigenvalue weighted by Gasteiger charge is -2.23. The van der Waals surface area contributed by atoms with Crippen molar-refractivity contribution in [2.45, 2.75) is 19.2 Å². The Morgan fingerprint density at radius 2 is 1.74 bits per heavy atom. The number of ether oxygens (including phenoxy) is 2. The second-order valence-corrected chi connectivity index (χ2v) is 6.81. The van der Waals surface area contributed by atoms with Crippen LogP contribution in [-0.2, 0) is 0 Å². The lowest BCUT2D eigenvalue weighted by Crippen LogP contribution is -2.30. The van der Waals surface area contributed by atoms with Crippen molar-refractivity contribution >= 4 is 11.6 Å². The van der Waals surface area contributed by atoms with Crippen LogP contribution in [0.4, 0.5) is 17.6 Å². The molecule has 2 aromatic rings. The molecule has 0 aromatic heterocycles. The van der Waals surface area contributed by atoms with E-state index in [1.807, 2.05) is 0 Å². The van der Waals surface area contributed by atoms with E-state index in [2.05, 4.69) is 10.1 Å². The van der Waals surface area contributed by atoms with Crippen LogP contribution in [-0.4, -0.2) is 26.1 Å². The standard InChI is InChI=1S/C19H18ClF4NO2/c20-15-7-14(8-16(21)10-15)13-1-2-17(27-19(22,23)24)18(9-13)26-11-12-3-5-25-6-4-12/h1-2,7-10,12,25H,3-6,11H2. The summed E-state index contributed by atoms with van der Waals surface area (Å²) in [5.74, 6) is -0.756. The Hall–Kier alpha value is -1.99. The highest BCUT2D eigenvalue weighted by Gasteiger charge is 2.32. The third kappa shape index (κ3) is 5.74. The van der Waals surface area contributed by atoms with Gasteiger partial charge in [0, 0.05) is 5.02 Å². The van der Waals surface area contributed by atoms with E-state index in [4.69, 9.17) is 16.3 Å². The molecule has 3 nitrogen and oxygen atoms in total. The van der Waals surface area contributed by atoms with E-state index in [1.54, 1.807) is 0 Å². The van der Waals surface area contributed by atoms with Gasteiger partial charge in [-0.15, -0.1) is 13.2 Å². The summed E-state index contributed by atoms with van der Waals surface area (Å²) >= 11 is 5.87. The first-order valence-electron chi connectivity index (χ1n) is 8.50. The Morgan fingerprint density at radius 3 is 2.41 bits per heavy atom. The number of halogens is 5. The average Bonchev–Trinajstić information content (AvgIpc) is 2.59. The Balaban J connectivity index is 1.87. The summed E-state index contributed by atoms with van der Waals surface area (Å²) in [6.45, 7) is 1.98. The van der Waals surface area contributed by atoms with Crippen LogP contribution in [0, 0.1) is 11.7 Å². The highest BCUT2D eigenvalue weighted by Crippen LogP contribution is 2.37. The Labute approximate surface area is 159 Å². The van der Waals surface area contributed by atoms with Crippen molar-refractivity contribution in [2.24, 2.45) is 5.92 Å². The van der Waals surface area contributed by atoms with Crippen molar-refractivity contribution in [1.82, 2.24) is 5.32 Å². The molecule has 2 aromatic carbocycles. The van der Waals surface area contributed by atoms with Crippen LogP contribution in [0.2, 0.25) is 5.02 Å². The van der Waals surface area contributed by atoms with Crippen molar-refractivity contribution in [1.29, 1.82) is 0 Å². The summed E-state index contributed by atoms with van der Waals surface area (Å²) in [6, 6.07) is 7.92. The predicted octanol–water partition coefficient (Wildman–Crippen LogP) is 5.42. The number of benzene rings is 2. The summed E-state index contributed by atoms with van der Waals surface area (Å²) in [4.78, 5) is 0. The number of hydrogen-bond donors (Lipinski definition) is 1. The fourth-order valence-corrected chi connectivity index (χ4v) is 3.21. The average molecular weight is 404 g/mol. The van der Waals surface area contributed by atoms with Gasteiger partial charge in [-0.2, -0.15) is 0 Å². The van der Waals surface area contributed by atoms with Gasteiger partial charge in [-0.05, 0) is 73.3 Å². The minimum absolute atomic E-state index is 0.0382. The highest BCUT2D eigenvalue weighted by atomic mass is 35.5. The second kappa shape index (κ2) is 8.35. The number of hydrogen-bond acceptors (Lipinski definition) is 3. The Morgan fingerprint density at radius 1 is 1.00 bits per heavy atom. The molecule has 0 atom stereocenters. The maximum Gasteiger partial charge on any atom is 0.573 e. The molecule has 1 fully saturated rings. The normalized spacial score (nSPS) is 15.6. The van der Waals surface area contributed by atoms with Gasteiger partial charge in [-0.25, -0.2) is 4.39 Å². The zero-order valence-electron chi connectivity index (χ0n) is 14.3. The monoisotopic (exact) mass is 403 g/mol. The summed E-state index contributed by atoms with van der Waals surface area (Å²) in [5.41, 5.74) is 0.913. The first-order valence-corrected chi connectivity index (χ1v) is 8.88. The van der Waals surface area contributed by atoms with Gasteiger partial charge in [0.2, 0.25) is 0 Å². The molecule has 0 bridgehead atoms. The van der Waals surface area contributed by atoms with E-state index < -0.39 is 17.9 Å². The van der Waals surface area contributed by atoms with Gasteiger partial charge in [0.15, 0.2) is 11.5 Å². The molecule has 1 N–H and O–H groups in total. The zero-order chi connectivity index (χ0) is 19.4. The molecule has 146 valence electrons. The summed E-state index contributed by atoms with van der Waals surface area (Å²) in [7, 11) is 0. The molecular formula is C19H18ClF4NO2. The van der Waals surface area contributed by atoms with Gasteiger partial charge in [0.05, 0.1) is 6.61 Å². The first kappa shape index (κ1) is 19.8. The second-order valence-electron chi connectivity index (χ2n) is 6.37. The van der Waals surface area contributed by atoms with Crippen LogP contribution in [0.5, 0.6) is 11.5 Å². The molecule has 0 aliphatic carbocycles. The number of nitrogens with one attached hydrogen (secondary N) is 1. The SMILES string of the molecule is Fc1cc(Cl)cc(-c2ccc(OC(F)(F)F)c(OCC3CCNCC3)c2)c1. The van der Waals surface area contributed by atoms with Crippen LogP contribution in [0.1, 0.15) is 12.8 Å². The molecule has 1 saturated heterocycles. The smallest absolute Gasteiger partial charge is 0.489 e. The van der Waals surface area contributed by atoms with Gasteiger partial charge in [0.25, 0.3) is 0 Å². The molecule has 8 heteroatoms. The van der Waals surface area contributed by atoms with Crippen molar-refractivity contribution in [2.75, 3.05) is 19.7 Å². The number of rotatable bonds is 5. The molecule has 1 aliphatic rings. The summed E-state index contributed by atoms with van der Waals surface area (Å²) in [6.07, 6.45) is -3.07. The van der Waals surface area contributed by atoms with Gasteiger partial charge in [-0.1, -0.05) is 17.7 Å². The first-order chi connectivity index (χ1) is 12.8. The maximum atomic E-state index is 13.6. The molecule has 0 spiro atoms. The molecule has 3 rings (SSSR count). The lowest BCUT2D eigenvalue weighted by atomic mass is 9.99. The molecule has 0 radical (unpaired) electrons. The van der Waals surface area contributed by atoms with E-state index in [1.165, 1.54) is 30.3 Å². The third-order valence-corrected chi connectivity index (χ3v) is 4.52. The van der Waals surface area contributed by atoms with E-state index in [-0.39, 0.29) is 23.3 Å². The van der Waals surface area contributed by atoms with Crippen LogP contribution in [0.3, 0.4) is 0 Å². The van der Waals surface area contributed by atoms with Crippen LogP contribution >= 0.6 is 11.6 Å². The summed E-state index contributed by atoms with van der Waals surface area (Å²) < 4.78 is 61.4. The predicted molar refractivity (Wildman–Crippen MR) is 94.6 cm³/mol. The molecule has 1 aliphatic heterocycles. The van der Waals surface area contributed by atoms with Crippen molar-refractivity contribution in [3.05, 3.63) is 47.2 Å². The minimum Gasteiger partial charge on any atom is -0.489 e. The molecular weight excluding hydrogens is 386 g/mol. The maximum absolute atomic E-state index is 13.6. The van der Waals surface area contributed by atoms with E-state index in [9.17, 15) is 17.6 Å². The van der Waals surface area contributed by atoms with Gasteiger partial charge < -0.3 is 14.8 Å². The van der Waals surface area contributed by atoms with Crippen LogP contribution < -0.4 is 14.8 Å². The molecule has 27 heavy (non-hydrogen) atoms. The molecule has 0 saturated carbocycles. The Kier molecular flexibility index (Phi) is 6.11. The number of piperidine rings is 1. The van der Waals surface area contributed by atoms with Gasteiger partial charge in [-0.3, -0.25) is 0 Å². The van der Waals surface area contributed by atoms with Crippen LogP contribution in [0.15, 0.2) is 36.4 Å². The van der Waals surface area contributed by atoms with Gasteiger partial charge >= 0.3 is 6.36 Å². The van der Waals surface area contributed by atoms with Crippen LogP contribution in [0.25, 0.3) is 11.1 Å². The molecule has 1 heterocycles. The Bertz CT molecular complexity index is 772. The minimum atomic E-state index is -4.84. The topological polar surface area (TPSA) is 30.5 Å². The largest absolute Gasteiger partial charge is 0.573 e. The molecule has 0 amide bonds. The highest BCUT2D eigenvalue weighted by molar-refractivity contribution is 6.30. The fraction of sp³-hybridized carbons (Fsp3) is 0.368. The number of alkyl halides is 3.